The van der Waals surface area contributed by atoms with Gasteiger partial charge in [0.05, 0.1) is 5.69 Å². The molecule has 1 heterocycles. The van der Waals surface area contributed by atoms with Crippen molar-refractivity contribution in [2.24, 2.45) is 7.05 Å². The van der Waals surface area contributed by atoms with Crippen molar-refractivity contribution in [2.45, 2.75) is 39.5 Å². The molecule has 74 valence electrons. The van der Waals surface area contributed by atoms with Crippen LogP contribution >= 0.6 is 0 Å². The van der Waals surface area contributed by atoms with Crippen LogP contribution in [0.4, 0.5) is 5.82 Å². The molecule has 0 saturated heterocycles. The van der Waals surface area contributed by atoms with E-state index >= 15 is 0 Å². The van der Waals surface area contributed by atoms with Crippen molar-refractivity contribution in [1.29, 1.82) is 0 Å². The van der Waals surface area contributed by atoms with Crippen molar-refractivity contribution in [1.82, 2.24) is 9.55 Å². The molecular weight excluding hydrogens is 162 g/mol. The Balaban J connectivity index is 2.61. The van der Waals surface area contributed by atoms with Gasteiger partial charge in [0.25, 0.3) is 0 Å². The number of aromatic nitrogens is 2. The van der Waals surface area contributed by atoms with Gasteiger partial charge in [-0.05, 0) is 19.8 Å². The van der Waals surface area contributed by atoms with Crippen LogP contribution in [0, 0.1) is 6.92 Å². The summed E-state index contributed by atoms with van der Waals surface area (Å²) in [7, 11) is 1.96. The van der Waals surface area contributed by atoms with Crippen LogP contribution in [-0.2, 0) is 13.5 Å². The molecule has 0 fully saturated rings. The molecule has 3 nitrogen and oxygen atoms in total. The van der Waals surface area contributed by atoms with Crippen molar-refractivity contribution in [3.63, 3.8) is 0 Å². The van der Waals surface area contributed by atoms with E-state index < -0.39 is 0 Å². The first-order chi connectivity index (χ1) is 6.16. The summed E-state index contributed by atoms with van der Waals surface area (Å²) in [6, 6.07) is 0. The van der Waals surface area contributed by atoms with E-state index in [0.29, 0.717) is 0 Å². The summed E-state index contributed by atoms with van der Waals surface area (Å²) in [6.07, 6.45) is 4.71. The van der Waals surface area contributed by atoms with Crippen molar-refractivity contribution < 1.29 is 0 Å². The molecule has 0 aromatic carbocycles. The first-order valence-corrected chi connectivity index (χ1v) is 4.94. The number of nitrogens with two attached hydrogens (primary N) is 1. The fraction of sp³-hybridized carbons (Fsp3) is 0.700. The third kappa shape index (κ3) is 2.23. The zero-order chi connectivity index (χ0) is 9.84. The Morgan fingerprint density at radius 2 is 2.08 bits per heavy atom. The third-order valence-corrected chi connectivity index (χ3v) is 2.46. The number of hydrogen-bond donors (Lipinski definition) is 1. The summed E-state index contributed by atoms with van der Waals surface area (Å²) >= 11 is 0. The molecule has 1 aromatic heterocycles. The number of imidazole rings is 1. The van der Waals surface area contributed by atoms with Gasteiger partial charge in [-0.25, -0.2) is 4.98 Å². The number of unbranched alkanes of at least 4 members (excludes halogenated alkanes) is 2. The van der Waals surface area contributed by atoms with Gasteiger partial charge in [0, 0.05) is 7.05 Å². The maximum absolute atomic E-state index is 5.89. The Labute approximate surface area is 80.0 Å². The van der Waals surface area contributed by atoms with Gasteiger partial charge in [-0.1, -0.05) is 19.8 Å². The molecule has 13 heavy (non-hydrogen) atoms. The Hall–Kier alpha value is -0.990. The van der Waals surface area contributed by atoms with E-state index in [2.05, 4.69) is 11.9 Å². The van der Waals surface area contributed by atoms with Crippen LogP contribution in [0.3, 0.4) is 0 Å². The maximum atomic E-state index is 5.89. The van der Waals surface area contributed by atoms with E-state index in [4.69, 9.17) is 5.73 Å². The van der Waals surface area contributed by atoms with Gasteiger partial charge < -0.3 is 10.3 Å². The Kier molecular flexibility index (Phi) is 3.34. The monoisotopic (exact) mass is 181 g/mol. The van der Waals surface area contributed by atoms with E-state index in [-0.39, 0.29) is 0 Å². The van der Waals surface area contributed by atoms with E-state index in [9.17, 15) is 0 Å². The van der Waals surface area contributed by atoms with Gasteiger partial charge in [-0.3, -0.25) is 0 Å². The van der Waals surface area contributed by atoms with Crippen LogP contribution in [0.1, 0.15) is 37.7 Å². The first kappa shape index (κ1) is 10.1. The highest BCUT2D eigenvalue weighted by molar-refractivity contribution is 5.37. The van der Waals surface area contributed by atoms with E-state index in [1.54, 1.807) is 0 Å². The number of hydrogen-bond acceptors (Lipinski definition) is 2. The van der Waals surface area contributed by atoms with Crippen molar-refractivity contribution in [3.8, 4) is 0 Å². The number of nitrogens with zero attached hydrogens (tertiary/aromatic N) is 2. The molecule has 0 atom stereocenters. The number of anilines is 1. The Morgan fingerprint density at radius 1 is 1.38 bits per heavy atom. The minimum Gasteiger partial charge on any atom is -0.384 e. The fourth-order valence-corrected chi connectivity index (χ4v) is 1.42. The smallest absolute Gasteiger partial charge is 0.126 e. The molecule has 0 radical (unpaired) electrons. The predicted molar refractivity (Wildman–Crippen MR) is 55.6 cm³/mol. The molecule has 2 N–H and O–H groups in total. The molecule has 1 aromatic rings. The number of aryl methyl sites for hydroxylation is 2. The minimum atomic E-state index is 0.827. The SMILES string of the molecule is CCCCCc1nc(C)n(C)c1N. The largest absolute Gasteiger partial charge is 0.384 e. The maximum Gasteiger partial charge on any atom is 0.126 e. The summed E-state index contributed by atoms with van der Waals surface area (Å²) < 4.78 is 1.95. The second-order valence-corrected chi connectivity index (χ2v) is 3.51. The fourth-order valence-electron chi connectivity index (χ4n) is 1.42. The molecule has 0 amide bonds. The van der Waals surface area contributed by atoms with Crippen LogP contribution in [0.25, 0.3) is 0 Å². The van der Waals surface area contributed by atoms with Crippen LogP contribution in [0.5, 0.6) is 0 Å². The average Bonchev–Trinajstić information content (AvgIpc) is 2.34. The number of rotatable bonds is 4. The van der Waals surface area contributed by atoms with E-state index in [1.165, 1.54) is 19.3 Å². The van der Waals surface area contributed by atoms with Crippen molar-refractivity contribution in [2.75, 3.05) is 5.73 Å². The van der Waals surface area contributed by atoms with Crippen LogP contribution < -0.4 is 5.73 Å². The summed E-state index contributed by atoms with van der Waals surface area (Å²) in [5.74, 6) is 1.83. The summed E-state index contributed by atoms with van der Waals surface area (Å²) in [4.78, 5) is 4.42. The highest BCUT2D eigenvalue weighted by Gasteiger charge is 2.07. The minimum absolute atomic E-state index is 0.827. The Bertz CT molecular complexity index is 276. The Morgan fingerprint density at radius 3 is 2.54 bits per heavy atom. The topological polar surface area (TPSA) is 43.8 Å². The molecular formula is C10H19N3. The van der Waals surface area contributed by atoms with Gasteiger partial charge in [-0.2, -0.15) is 0 Å². The van der Waals surface area contributed by atoms with Crippen LogP contribution in [0.15, 0.2) is 0 Å². The molecule has 0 bridgehead atoms. The predicted octanol–water partition coefficient (Wildman–Crippen LogP) is 2.04. The summed E-state index contributed by atoms with van der Waals surface area (Å²) in [5.41, 5.74) is 6.95. The molecule has 3 heteroatoms. The van der Waals surface area contributed by atoms with Crippen LogP contribution in [-0.4, -0.2) is 9.55 Å². The second-order valence-electron chi connectivity index (χ2n) is 3.51. The van der Waals surface area contributed by atoms with Gasteiger partial charge in [0.1, 0.15) is 11.6 Å². The lowest BCUT2D eigenvalue weighted by molar-refractivity contribution is 0.709. The molecule has 0 aliphatic rings. The van der Waals surface area contributed by atoms with E-state index in [0.717, 1.165) is 23.8 Å². The molecule has 0 unspecified atom stereocenters. The standard InChI is InChI=1S/C10H19N3/c1-4-5-6-7-9-10(11)13(3)8(2)12-9/h4-7,11H2,1-3H3. The highest BCUT2D eigenvalue weighted by Crippen LogP contribution is 2.14. The summed E-state index contributed by atoms with van der Waals surface area (Å²) in [6.45, 7) is 4.19. The zero-order valence-corrected chi connectivity index (χ0v) is 8.80. The van der Waals surface area contributed by atoms with Crippen molar-refractivity contribution in [3.05, 3.63) is 11.5 Å². The molecule has 0 spiro atoms. The molecule has 0 aliphatic heterocycles. The quantitative estimate of drug-likeness (QED) is 0.722. The number of nitrogen functional groups attached to an aromatic ring is 1. The first-order valence-electron chi connectivity index (χ1n) is 4.94. The van der Waals surface area contributed by atoms with Crippen LogP contribution in [0.2, 0.25) is 0 Å². The highest BCUT2D eigenvalue weighted by atomic mass is 15.1. The lowest BCUT2D eigenvalue weighted by Crippen LogP contribution is -1.99. The van der Waals surface area contributed by atoms with Crippen molar-refractivity contribution >= 4 is 5.82 Å². The van der Waals surface area contributed by atoms with Gasteiger partial charge >= 0.3 is 0 Å². The zero-order valence-electron chi connectivity index (χ0n) is 8.80. The second kappa shape index (κ2) is 4.30. The van der Waals surface area contributed by atoms with E-state index in [1.807, 2.05) is 18.5 Å². The molecule has 1 rings (SSSR count). The molecule has 0 aliphatic carbocycles. The molecule has 0 saturated carbocycles. The average molecular weight is 181 g/mol. The van der Waals surface area contributed by atoms with Gasteiger partial charge in [0.15, 0.2) is 0 Å². The van der Waals surface area contributed by atoms with Gasteiger partial charge in [-0.15, -0.1) is 0 Å². The lowest BCUT2D eigenvalue weighted by Gasteiger charge is -1.99. The normalized spacial score (nSPS) is 10.7. The van der Waals surface area contributed by atoms with Gasteiger partial charge in [0.2, 0.25) is 0 Å². The summed E-state index contributed by atoms with van der Waals surface area (Å²) in [5, 5.41) is 0. The third-order valence-electron chi connectivity index (χ3n) is 2.46. The lowest BCUT2D eigenvalue weighted by atomic mass is 10.1.